The molecule has 29 heavy (non-hydrogen) atoms. The molecule has 0 atom stereocenters. The maximum atomic E-state index is 13.3. The molecule has 4 aromatic rings. The van der Waals surface area contributed by atoms with Crippen LogP contribution in [0.3, 0.4) is 0 Å². The van der Waals surface area contributed by atoms with Gasteiger partial charge in [0.05, 0.1) is 5.56 Å². The summed E-state index contributed by atoms with van der Waals surface area (Å²) in [5.41, 5.74) is -0.0585. The molecule has 0 fully saturated rings. The number of nitrogens with zero attached hydrogens (tertiary/aromatic N) is 5. The number of oxazole rings is 1. The number of tetrazole rings is 1. The van der Waals surface area contributed by atoms with Crippen molar-refractivity contribution in [3.05, 3.63) is 71.6 Å². The molecule has 0 amide bonds. The van der Waals surface area contributed by atoms with Gasteiger partial charge in [-0.3, -0.25) is 0 Å². The molecule has 0 N–H and O–H groups in total. The van der Waals surface area contributed by atoms with Gasteiger partial charge in [0.25, 0.3) is 0 Å². The molecule has 0 aliphatic heterocycles. The molecular formula is C18H10F5N5O. The molecule has 0 unspecified atom stereocenters. The van der Waals surface area contributed by atoms with Gasteiger partial charge in [0.1, 0.15) is 18.5 Å². The lowest BCUT2D eigenvalue weighted by Crippen LogP contribution is -2.05. The van der Waals surface area contributed by atoms with Crippen LogP contribution in [0.1, 0.15) is 11.3 Å². The van der Waals surface area contributed by atoms with E-state index in [0.29, 0.717) is 5.69 Å². The molecule has 0 spiro atoms. The lowest BCUT2D eigenvalue weighted by molar-refractivity contribution is -0.137. The molecule has 0 aliphatic rings. The quantitative estimate of drug-likeness (QED) is 0.471. The standard InChI is InChI=1S/C18H10F5N5O/c19-14-5-4-11(7-15(14)20)17-24-13(9-29-17)8-28-26-16(25-27-28)10-2-1-3-12(6-10)18(21,22)23/h1-7,9H,8H2. The molecule has 0 aliphatic carbocycles. The van der Waals surface area contributed by atoms with Gasteiger partial charge < -0.3 is 4.42 Å². The van der Waals surface area contributed by atoms with Crippen molar-refractivity contribution in [2.75, 3.05) is 0 Å². The number of hydrogen-bond donors (Lipinski definition) is 0. The average Bonchev–Trinajstić information content (AvgIpc) is 3.34. The van der Waals surface area contributed by atoms with E-state index in [4.69, 9.17) is 4.42 Å². The van der Waals surface area contributed by atoms with E-state index in [1.54, 1.807) is 0 Å². The van der Waals surface area contributed by atoms with Crippen molar-refractivity contribution in [2.45, 2.75) is 12.7 Å². The van der Waals surface area contributed by atoms with Crippen molar-refractivity contribution >= 4 is 0 Å². The first-order valence-corrected chi connectivity index (χ1v) is 8.15. The van der Waals surface area contributed by atoms with E-state index in [1.165, 1.54) is 24.5 Å². The third-order valence-electron chi connectivity index (χ3n) is 3.92. The van der Waals surface area contributed by atoms with Crippen LogP contribution in [0.15, 0.2) is 53.1 Å². The zero-order valence-corrected chi connectivity index (χ0v) is 14.4. The SMILES string of the molecule is Fc1ccc(-c2nc(Cn3nnc(-c4cccc(C(F)(F)F)c4)n3)co2)cc1F. The predicted molar refractivity (Wildman–Crippen MR) is 89.2 cm³/mol. The zero-order valence-electron chi connectivity index (χ0n) is 14.4. The summed E-state index contributed by atoms with van der Waals surface area (Å²) in [6.07, 6.45) is -3.20. The van der Waals surface area contributed by atoms with Crippen molar-refractivity contribution in [1.29, 1.82) is 0 Å². The lowest BCUT2D eigenvalue weighted by atomic mass is 10.1. The minimum absolute atomic E-state index is 0.0130. The van der Waals surface area contributed by atoms with E-state index in [2.05, 4.69) is 20.4 Å². The fourth-order valence-corrected chi connectivity index (χ4v) is 2.55. The summed E-state index contributed by atoms with van der Waals surface area (Å²) in [6, 6.07) is 7.78. The van der Waals surface area contributed by atoms with Crippen LogP contribution in [-0.2, 0) is 12.7 Å². The molecule has 2 heterocycles. The van der Waals surface area contributed by atoms with E-state index < -0.39 is 23.4 Å². The summed E-state index contributed by atoms with van der Waals surface area (Å²) in [6.45, 7) is 0.0130. The fraction of sp³-hybridized carbons (Fsp3) is 0.111. The van der Waals surface area contributed by atoms with Crippen molar-refractivity contribution in [3.63, 3.8) is 0 Å². The van der Waals surface area contributed by atoms with Crippen LogP contribution in [0.4, 0.5) is 22.0 Å². The molecule has 4 rings (SSSR count). The Hall–Kier alpha value is -3.63. The van der Waals surface area contributed by atoms with Gasteiger partial charge >= 0.3 is 6.18 Å². The third kappa shape index (κ3) is 3.98. The second-order valence-electron chi connectivity index (χ2n) is 5.99. The average molecular weight is 407 g/mol. The number of hydrogen-bond acceptors (Lipinski definition) is 5. The van der Waals surface area contributed by atoms with Crippen LogP contribution < -0.4 is 0 Å². The first kappa shape index (κ1) is 18.7. The summed E-state index contributed by atoms with van der Waals surface area (Å²) >= 11 is 0. The van der Waals surface area contributed by atoms with Gasteiger partial charge in [-0.1, -0.05) is 12.1 Å². The Morgan fingerprint density at radius 1 is 0.966 bits per heavy atom. The van der Waals surface area contributed by atoms with Crippen LogP contribution in [0.2, 0.25) is 0 Å². The maximum absolute atomic E-state index is 13.3. The largest absolute Gasteiger partial charge is 0.444 e. The molecular weight excluding hydrogens is 397 g/mol. The van der Waals surface area contributed by atoms with Gasteiger partial charge in [-0.15, -0.1) is 10.2 Å². The van der Waals surface area contributed by atoms with Crippen LogP contribution in [0.25, 0.3) is 22.8 Å². The van der Waals surface area contributed by atoms with Gasteiger partial charge in [-0.05, 0) is 35.5 Å². The van der Waals surface area contributed by atoms with E-state index in [0.717, 1.165) is 29.1 Å². The van der Waals surface area contributed by atoms with Crippen LogP contribution in [-0.4, -0.2) is 25.2 Å². The highest BCUT2D eigenvalue weighted by Crippen LogP contribution is 2.31. The van der Waals surface area contributed by atoms with Gasteiger partial charge in [-0.2, -0.15) is 18.0 Å². The van der Waals surface area contributed by atoms with Crippen molar-refractivity contribution < 1.29 is 26.4 Å². The topological polar surface area (TPSA) is 69.6 Å². The van der Waals surface area contributed by atoms with Crippen LogP contribution in [0.5, 0.6) is 0 Å². The normalized spacial score (nSPS) is 11.8. The second-order valence-corrected chi connectivity index (χ2v) is 5.99. The van der Waals surface area contributed by atoms with E-state index >= 15 is 0 Å². The Morgan fingerprint density at radius 3 is 2.55 bits per heavy atom. The Morgan fingerprint density at radius 2 is 1.79 bits per heavy atom. The van der Waals surface area contributed by atoms with Crippen LogP contribution >= 0.6 is 0 Å². The molecule has 0 radical (unpaired) electrons. The monoisotopic (exact) mass is 407 g/mol. The Labute approximate surface area is 159 Å². The molecule has 11 heteroatoms. The molecule has 0 saturated carbocycles. The van der Waals surface area contributed by atoms with Crippen molar-refractivity contribution in [2.24, 2.45) is 0 Å². The summed E-state index contributed by atoms with van der Waals surface area (Å²) in [5.74, 6) is -1.95. The van der Waals surface area contributed by atoms with Crippen molar-refractivity contribution in [1.82, 2.24) is 25.2 Å². The minimum atomic E-state index is -4.48. The first-order valence-electron chi connectivity index (χ1n) is 8.15. The zero-order chi connectivity index (χ0) is 20.6. The van der Waals surface area contributed by atoms with Crippen molar-refractivity contribution in [3.8, 4) is 22.8 Å². The fourth-order valence-electron chi connectivity index (χ4n) is 2.55. The maximum Gasteiger partial charge on any atom is 0.416 e. The highest BCUT2D eigenvalue weighted by atomic mass is 19.4. The highest BCUT2D eigenvalue weighted by molar-refractivity contribution is 5.55. The summed E-state index contributed by atoms with van der Waals surface area (Å²) in [5, 5.41) is 11.6. The number of benzene rings is 2. The second kappa shape index (κ2) is 7.08. The molecule has 6 nitrogen and oxygen atoms in total. The molecule has 148 valence electrons. The number of aromatic nitrogens is 5. The third-order valence-corrected chi connectivity index (χ3v) is 3.92. The molecule has 0 saturated heterocycles. The van der Waals surface area contributed by atoms with Gasteiger partial charge in [-0.25, -0.2) is 13.8 Å². The minimum Gasteiger partial charge on any atom is -0.444 e. The Bertz CT molecular complexity index is 1170. The van der Waals surface area contributed by atoms with Gasteiger partial charge in [0.2, 0.25) is 11.7 Å². The smallest absolute Gasteiger partial charge is 0.416 e. The van der Waals surface area contributed by atoms with E-state index in [1.807, 2.05) is 0 Å². The van der Waals surface area contributed by atoms with Gasteiger partial charge in [0, 0.05) is 11.1 Å². The Kier molecular flexibility index (Phi) is 4.57. The number of halogens is 5. The molecule has 2 aromatic heterocycles. The van der Waals surface area contributed by atoms with Gasteiger partial charge in [0.15, 0.2) is 11.6 Å². The van der Waals surface area contributed by atoms with Crippen LogP contribution in [0, 0.1) is 11.6 Å². The molecule has 2 aromatic carbocycles. The van der Waals surface area contributed by atoms with E-state index in [9.17, 15) is 22.0 Å². The summed E-state index contributed by atoms with van der Waals surface area (Å²) < 4.78 is 70.1. The lowest BCUT2D eigenvalue weighted by Gasteiger charge is -2.06. The Balaban J connectivity index is 1.53. The first-order chi connectivity index (χ1) is 13.8. The molecule has 0 bridgehead atoms. The summed E-state index contributed by atoms with van der Waals surface area (Å²) in [4.78, 5) is 5.27. The van der Waals surface area contributed by atoms with E-state index in [-0.39, 0.29) is 29.4 Å². The number of alkyl halides is 3. The highest BCUT2D eigenvalue weighted by Gasteiger charge is 2.30. The number of rotatable bonds is 4. The summed E-state index contributed by atoms with van der Waals surface area (Å²) in [7, 11) is 0. The predicted octanol–water partition coefficient (Wildman–Crippen LogP) is 4.34.